The van der Waals surface area contributed by atoms with Gasteiger partial charge in [0.1, 0.15) is 17.8 Å². The van der Waals surface area contributed by atoms with Crippen LogP contribution in [0.1, 0.15) is 65.7 Å². The van der Waals surface area contributed by atoms with Crippen molar-refractivity contribution in [2.75, 3.05) is 19.6 Å². The van der Waals surface area contributed by atoms with E-state index in [9.17, 15) is 36.8 Å². The van der Waals surface area contributed by atoms with Gasteiger partial charge < -0.3 is 20.4 Å². The number of likely N-dealkylation sites (tertiary alicyclic amines) is 2. The van der Waals surface area contributed by atoms with Gasteiger partial charge in [0.25, 0.3) is 5.91 Å². The molecule has 5 amide bonds. The van der Waals surface area contributed by atoms with Crippen molar-refractivity contribution >= 4 is 61.5 Å². The van der Waals surface area contributed by atoms with Crippen molar-refractivity contribution in [1.82, 2.24) is 29.7 Å². The Hall–Kier alpha value is -4.79. The lowest BCUT2D eigenvalue weighted by atomic mass is 9.77. The number of aromatic nitrogens is 1. The first kappa shape index (κ1) is 38.5. The molecular weight excluding hydrogens is 728 g/mol. The molecule has 1 unspecified atom stereocenters. The minimum atomic E-state index is -3.93. The Bertz CT molecular complexity index is 2120. The van der Waals surface area contributed by atoms with Crippen LogP contribution in [0.4, 0.5) is 9.18 Å². The molecule has 3 heterocycles. The predicted octanol–water partition coefficient (Wildman–Crippen LogP) is 4.00. The molecule has 55 heavy (non-hydrogen) atoms. The van der Waals surface area contributed by atoms with Crippen LogP contribution in [-0.4, -0.2) is 101 Å². The maximum absolute atomic E-state index is 14.7. The molecule has 15 heteroatoms. The van der Waals surface area contributed by atoms with Crippen molar-refractivity contribution in [3.63, 3.8) is 0 Å². The lowest BCUT2D eigenvalue weighted by Gasteiger charge is -2.37. The van der Waals surface area contributed by atoms with Crippen molar-refractivity contribution in [1.29, 1.82) is 0 Å². The molecule has 0 bridgehead atoms. The number of piperidine rings is 1. The van der Waals surface area contributed by atoms with E-state index in [-0.39, 0.29) is 38.3 Å². The summed E-state index contributed by atoms with van der Waals surface area (Å²) in [5.74, 6) is -3.87. The number of amides is 5. The molecule has 2 saturated carbocycles. The van der Waals surface area contributed by atoms with Crippen molar-refractivity contribution < 1.29 is 36.8 Å². The summed E-state index contributed by atoms with van der Waals surface area (Å²) in [5, 5.41) is 6.93. The zero-order chi connectivity index (χ0) is 39.4. The van der Waals surface area contributed by atoms with Crippen LogP contribution in [0.2, 0.25) is 0 Å². The van der Waals surface area contributed by atoms with Gasteiger partial charge in [0.15, 0.2) is 0 Å². The molecule has 2 aromatic carbocycles. The number of rotatable bonds is 10. The van der Waals surface area contributed by atoms with E-state index in [4.69, 9.17) is 0 Å². The standard InChI is InChI=1S/C40H49FN6O7S/c1-5-24-21-40(24,37(51)44-55(53,54)27-16-17-27)43-35(49)33-19-26(42-38(52)47-31-14-8-6-12-28(31)29-13-7-9-15-32(29)47)23-46(33)36(50)30(39(2,3)4)20-34(48)45-18-10-11-25(41)22-45/h5-9,12-15,24-27,30,33H,1,10-11,16-23H2,2-4H3,(H,42,52)(H,43,49)(H,44,51)/t24-,25?,26-,30-,33+,40-/m1/s1. The fourth-order valence-electron chi connectivity index (χ4n) is 8.25. The Morgan fingerprint density at radius 2 is 1.62 bits per heavy atom. The molecule has 3 aromatic rings. The van der Waals surface area contributed by atoms with E-state index in [2.05, 4.69) is 21.9 Å². The Morgan fingerprint density at radius 1 is 0.982 bits per heavy atom. The van der Waals surface area contributed by atoms with Gasteiger partial charge >= 0.3 is 6.03 Å². The lowest BCUT2D eigenvalue weighted by Crippen LogP contribution is -2.57. The summed E-state index contributed by atoms with van der Waals surface area (Å²) in [6.45, 7) is 9.51. The summed E-state index contributed by atoms with van der Waals surface area (Å²) in [6.07, 6.45) is 2.02. The molecule has 2 aliphatic heterocycles. The molecule has 1 aromatic heterocycles. The van der Waals surface area contributed by atoms with Crippen LogP contribution in [0.5, 0.6) is 0 Å². The lowest BCUT2D eigenvalue weighted by molar-refractivity contribution is -0.149. The number of fused-ring (bicyclic) bond motifs is 3. The van der Waals surface area contributed by atoms with Crippen LogP contribution in [0, 0.1) is 17.3 Å². The summed E-state index contributed by atoms with van der Waals surface area (Å²) >= 11 is 0. The van der Waals surface area contributed by atoms with Gasteiger partial charge in [0.05, 0.1) is 34.8 Å². The molecule has 13 nitrogen and oxygen atoms in total. The molecule has 2 aliphatic carbocycles. The molecule has 6 atom stereocenters. The van der Waals surface area contributed by atoms with E-state index in [0.717, 1.165) is 10.8 Å². The average Bonchev–Trinajstić information content (AvgIpc) is 4.05. The second-order valence-corrected chi connectivity index (χ2v) is 18.6. The smallest absolute Gasteiger partial charge is 0.326 e. The monoisotopic (exact) mass is 776 g/mol. The molecule has 3 N–H and O–H groups in total. The largest absolute Gasteiger partial charge is 0.340 e. The summed E-state index contributed by atoms with van der Waals surface area (Å²) in [7, 11) is -3.93. The minimum Gasteiger partial charge on any atom is -0.340 e. The number of hydrogen-bond acceptors (Lipinski definition) is 7. The number of hydrogen-bond donors (Lipinski definition) is 3. The van der Waals surface area contributed by atoms with Crippen LogP contribution >= 0.6 is 0 Å². The Balaban J connectivity index is 1.18. The molecular formula is C40H49FN6O7S. The first-order chi connectivity index (χ1) is 26.0. The molecule has 0 radical (unpaired) electrons. The van der Waals surface area contributed by atoms with E-state index in [1.807, 2.05) is 69.3 Å². The van der Waals surface area contributed by atoms with Crippen molar-refractivity contribution in [2.45, 2.75) is 94.8 Å². The van der Waals surface area contributed by atoms with Gasteiger partial charge in [0, 0.05) is 36.2 Å². The van der Waals surface area contributed by atoms with Gasteiger partial charge in [-0.05, 0) is 56.1 Å². The van der Waals surface area contributed by atoms with Crippen LogP contribution < -0.4 is 15.4 Å². The highest BCUT2D eigenvalue weighted by molar-refractivity contribution is 7.91. The fourth-order valence-corrected chi connectivity index (χ4v) is 9.62. The number of sulfonamides is 1. The first-order valence-electron chi connectivity index (χ1n) is 19.1. The number of para-hydroxylation sites is 2. The molecule has 4 aliphatic rings. The van der Waals surface area contributed by atoms with Crippen molar-refractivity contribution in [2.24, 2.45) is 17.3 Å². The van der Waals surface area contributed by atoms with E-state index in [0.29, 0.717) is 43.3 Å². The van der Waals surface area contributed by atoms with Crippen LogP contribution in [0.15, 0.2) is 61.2 Å². The third-order valence-electron chi connectivity index (χ3n) is 11.7. The topological polar surface area (TPSA) is 167 Å². The van der Waals surface area contributed by atoms with E-state index >= 15 is 0 Å². The number of carbonyl (C=O) groups is 5. The van der Waals surface area contributed by atoms with E-state index in [1.165, 1.54) is 15.9 Å². The molecule has 7 rings (SSSR count). The Labute approximate surface area is 320 Å². The second kappa shape index (κ2) is 14.4. The highest BCUT2D eigenvalue weighted by Crippen LogP contribution is 2.46. The normalized spacial score (nSPS) is 26.0. The SMILES string of the molecule is C=C[C@@H]1C[C@]1(NC(=O)[C@@H]1C[C@@H](NC(=O)n2c3ccccc3c3ccccc32)CN1C(=O)[C@@H](CC(=O)N1CCCC(F)C1)C(C)(C)C)C(=O)NS(=O)(=O)C1CC1. The van der Waals surface area contributed by atoms with Crippen molar-refractivity contribution in [3.8, 4) is 0 Å². The fraction of sp³-hybridized carbons (Fsp3) is 0.525. The van der Waals surface area contributed by atoms with Gasteiger partial charge in [-0.2, -0.15) is 0 Å². The number of nitrogens with zero attached hydrogens (tertiary/aromatic N) is 3. The maximum atomic E-state index is 14.7. The highest BCUT2D eigenvalue weighted by Gasteiger charge is 2.62. The summed E-state index contributed by atoms with van der Waals surface area (Å²) in [6, 6.07) is 12.6. The number of carbonyl (C=O) groups excluding carboxylic acids is 5. The minimum absolute atomic E-state index is 0.0161. The zero-order valence-corrected chi connectivity index (χ0v) is 32.2. The summed E-state index contributed by atoms with van der Waals surface area (Å²) < 4.78 is 43.5. The maximum Gasteiger partial charge on any atom is 0.326 e. The van der Waals surface area contributed by atoms with E-state index < -0.39 is 80.1 Å². The Morgan fingerprint density at radius 3 is 2.18 bits per heavy atom. The van der Waals surface area contributed by atoms with Gasteiger partial charge in [0.2, 0.25) is 27.7 Å². The number of halogens is 1. The summed E-state index contributed by atoms with van der Waals surface area (Å²) in [5.41, 5.74) is -0.985. The van der Waals surface area contributed by atoms with Crippen LogP contribution in [-0.2, 0) is 29.2 Å². The molecule has 2 saturated heterocycles. The Kier molecular flexibility index (Phi) is 10.1. The highest BCUT2D eigenvalue weighted by atomic mass is 32.2. The van der Waals surface area contributed by atoms with E-state index in [1.54, 1.807) is 4.57 Å². The quantitative estimate of drug-likeness (QED) is 0.262. The number of benzene rings is 2. The third-order valence-corrected chi connectivity index (χ3v) is 13.5. The molecule has 0 spiro atoms. The third kappa shape index (κ3) is 7.47. The first-order valence-corrected chi connectivity index (χ1v) is 20.6. The zero-order valence-electron chi connectivity index (χ0n) is 31.4. The van der Waals surface area contributed by atoms with Gasteiger partial charge in [-0.15, -0.1) is 6.58 Å². The average molecular weight is 777 g/mol. The van der Waals surface area contributed by atoms with Gasteiger partial charge in [-0.25, -0.2) is 17.6 Å². The molecule has 4 fully saturated rings. The second-order valence-electron chi connectivity index (χ2n) is 16.6. The van der Waals surface area contributed by atoms with Crippen LogP contribution in [0.3, 0.4) is 0 Å². The predicted molar refractivity (Wildman–Crippen MR) is 205 cm³/mol. The van der Waals surface area contributed by atoms with Crippen LogP contribution in [0.25, 0.3) is 21.8 Å². The van der Waals surface area contributed by atoms with Gasteiger partial charge in [-0.3, -0.25) is 28.5 Å². The molecule has 294 valence electrons. The van der Waals surface area contributed by atoms with Gasteiger partial charge in [-0.1, -0.05) is 63.2 Å². The van der Waals surface area contributed by atoms with Crippen molar-refractivity contribution in [3.05, 3.63) is 61.2 Å². The number of nitrogens with one attached hydrogen (secondary N) is 3. The summed E-state index contributed by atoms with van der Waals surface area (Å²) in [4.78, 5) is 73.1. The number of alkyl halides is 1.